The van der Waals surface area contributed by atoms with Crippen molar-refractivity contribution >= 4 is 22.0 Å². The lowest BCUT2D eigenvalue weighted by atomic mass is 10.2. The zero-order valence-corrected chi connectivity index (χ0v) is 11.0. The Hall–Kier alpha value is -0.290. The molecule has 0 radical (unpaired) electrons. The van der Waals surface area contributed by atoms with E-state index < -0.39 is 5.60 Å². The molecule has 0 N–H and O–H groups in total. The van der Waals surface area contributed by atoms with Gasteiger partial charge in [-0.3, -0.25) is 4.90 Å². The molecule has 1 aliphatic heterocycles. The van der Waals surface area contributed by atoms with Crippen molar-refractivity contribution in [3.8, 4) is 0 Å². The average Bonchev–Trinajstić information content (AvgIpc) is 2.15. The molecule has 0 spiro atoms. The number of ether oxygens (including phenoxy) is 2. The Morgan fingerprint density at radius 2 is 2.27 bits per heavy atom. The second-order valence-electron chi connectivity index (χ2n) is 4.56. The first kappa shape index (κ1) is 12.8. The van der Waals surface area contributed by atoms with Crippen LogP contribution in [0.15, 0.2) is 0 Å². The van der Waals surface area contributed by atoms with E-state index in [1.165, 1.54) is 0 Å². The van der Waals surface area contributed by atoms with Crippen LogP contribution in [0, 0.1) is 0 Å². The molecule has 0 aliphatic carbocycles. The molecule has 1 amide bonds. The highest BCUT2D eigenvalue weighted by Crippen LogP contribution is 2.15. The number of halogens is 1. The van der Waals surface area contributed by atoms with Crippen LogP contribution < -0.4 is 0 Å². The topological polar surface area (TPSA) is 38.8 Å². The van der Waals surface area contributed by atoms with Gasteiger partial charge in [0.15, 0.2) is 0 Å². The number of carbonyl (C=O) groups excluding carboxylic acids is 1. The lowest BCUT2D eigenvalue weighted by molar-refractivity contribution is -0.0265. The highest BCUT2D eigenvalue weighted by atomic mass is 79.9. The lowest BCUT2D eigenvalue weighted by Gasteiger charge is -2.35. The Balaban J connectivity index is 2.56. The minimum atomic E-state index is -0.438. The molecular formula is C10H18BrNO3. The van der Waals surface area contributed by atoms with E-state index in [0.29, 0.717) is 25.1 Å². The van der Waals surface area contributed by atoms with Gasteiger partial charge in [-0.2, -0.15) is 0 Å². The summed E-state index contributed by atoms with van der Waals surface area (Å²) in [5, 5.41) is 0.715. The maximum absolute atomic E-state index is 11.8. The molecule has 5 heteroatoms. The normalized spacial score (nSPS) is 22.7. The third-order valence-corrected chi connectivity index (χ3v) is 2.78. The van der Waals surface area contributed by atoms with Gasteiger partial charge in [0.05, 0.1) is 19.3 Å². The Bertz CT molecular complexity index is 227. The van der Waals surface area contributed by atoms with Gasteiger partial charge < -0.3 is 9.47 Å². The number of alkyl halides is 1. The van der Waals surface area contributed by atoms with E-state index in [1.54, 1.807) is 4.90 Å². The number of rotatable bonds is 1. The number of hydrogen-bond acceptors (Lipinski definition) is 3. The average molecular weight is 280 g/mol. The summed E-state index contributed by atoms with van der Waals surface area (Å²) in [6, 6.07) is 0.0774. The van der Waals surface area contributed by atoms with Crippen molar-refractivity contribution in [1.29, 1.82) is 0 Å². The maximum atomic E-state index is 11.8. The van der Waals surface area contributed by atoms with Crippen LogP contribution in [0.4, 0.5) is 4.79 Å². The van der Waals surface area contributed by atoms with Crippen molar-refractivity contribution in [3.05, 3.63) is 0 Å². The molecule has 88 valence electrons. The molecule has 1 saturated heterocycles. The largest absolute Gasteiger partial charge is 0.444 e. The number of amides is 1. The Morgan fingerprint density at radius 1 is 1.60 bits per heavy atom. The Kier molecular flexibility index (Phi) is 4.40. The Morgan fingerprint density at radius 3 is 2.80 bits per heavy atom. The van der Waals surface area contributed by atoms with Crippen LogP contribution in [0.25, 0.3) is 0 Å². The van der Waals surface area contributed by atoms with Crippen molar-refractivity contribution in [2.45, 2.75) is 32.4 Å². The van der Waals surface area contributed by atoms with Gasteiger partial charge in [-0.05, 0) is 20.8 Å². The van der Waals surface area contributed by atoms with Crippen LogP contribution in [-0.2, 0) is 9.47 Å². The zero-order chi connectivity index (χ0) is 11.5. The molecule has 4 nitrogen and oxygen atoms in total. The zero-order valence-electron chi connectivity index (χ0n) is 9.46. The number of hydrogen-bond donors (Lipinski definition) is 0. The van der Waals surface area contributed by atoms with Crippen molar-refractivity contribution in [2.24, 2.45) is 0 Å². The van der Waals surface area contributed by atoms with Crippen molar-refractivity contribution < 1.29 is 14.3 Å². The van der Waals surface area contributed by atoms with Crippen LogP contribution in [0.3, 0.4) is 0 Å². The molecular weight excluding hydrogens is 262 g/mol. The molecule has 0 bridgehead atoms. The van der Waals surface area contributed by atoms with Crippen LogP contribution in [-0.4, -0.2) is 47.7 Å². The SMILES string of the molecule is CC(C)(C)OC(=O)N1CCOC[C@@H]1CBr. The third-order valence-electron chi connectivity index (χ3n) is 2.03. The standard InChI is InChI=1S/C10H18BrNO3/c1-10(2,3)15-9(13)12-4-5-14-7-8(12)6-11/h8H,4-7H2,1-3H3/t8-/m0/s1. The molecule has 1 heterocycles. The summed E-state index contributed by atoms with van der Waals surface area (Å²) in [5.74, 6) is 0. The fraction of sp³-hybridized carbons (Fsp3) is 0.900. The second kappa shape index (κ2) is 5.16. The Labute approximate surface area is 99.0 Å². The van der Waals surface area contributed by atoms with Crippen LogP contribution in [0.5, 0.6) is 0 Å². The summed E-state index contributed by atoms with van der Waals surface area (Å²) in [6.07, 6.45) is -0.254. The maximum Gasteiger partial charge on any atom is 0.410 e. The smallest absolute Gasteiger partial charge is 0.410 e. The number of morpholine rings is 1. The third kappa shape index (κ3) is 3.99. The predicted molar refractivity (Wildman–Crippen MR) is 61.3 cm³/mol. The summed E-state index contributed by atoms with van der Waals surface area (Å²) in [5.41, 5.74) is -0.438. The molecule has 1 aliphatic rings. The molecule has 0 aromatic carbocycles. The van der Waals surface area contributed by atoms with Gasteiger partial charge in [0.25, 0.3) is 0 Å². The van der Waals surface area contributed by atoms with Gasteiger partial charge in [-0.25, -0.2) is 4.79 Å². The van der Waals surface area contributed by atoms with Crippen molar-refractivity contribution in [2.75, 3.05) is 25.1 Å². The van der Waals surface area contributed by atoms with Gasteiger partial charge in [-0.15, -0.1) is 0 Å². The first-order chi connectivity index (χ1) is 6.94. The van der Waals surface area contributed by atoms with E-state index in [4.69, 9.17) is 9.47 Å². The fourth-order valence-corrected chi connectivity index (χ4v) is 1.88. The van der Waals surface area contributed by atoms with E-state index in [2.05, 4.69) is 15.9 Å². The minimum Gasteiger partial charge on any atom is -0.444 e. The van der Waals surface area contributed by atoms with Gasteiger partial charge in [0.2, 0.25) is 0 Å². The van der Waals surface area contributed by atoms with Crippen LogP contribution in [0.2, 0.25) is 0 Å². The molecule has 1 fully saturated rings. The quantitative estimate of drug-likeness (QED) is 0.690. The fourth-order valence-electron chi connectivity index (χ4n) is 1.34. The molecule has 15 heavy (non-hydrogen) atoms. The number of nitrogens with zero attached hydrogens (tertiary/aromatic N) is 1. The van der Waals surface area contributed by atoms with E-state index in [1.807, 2.05) is 20.8 Å². The highest BCUT2D eigenvalue weighted by molar-refractivity contribution is 9.09. The highest BCUT2D eigenvalue weighted by Gasteiger charge is 2.30. The van der Waals surface area contributed by atoms with E-state index in [9.17, 15) is 4.79 Å². The van der Waals surface area contributed by atoms with E-state index >= 15 is 0 Å². The molecule has 0 aromatic heterocycles. The van der Waals surface area contributed by atoms with Crippen LogP contribution in [0.1, 0.15) is 20.8 Å². The van der Waals surface area contributed by atoms with Gasteiger partial charge in [0, 0.05) is 11.9 Å². The van der Waals surface area contributed by atoms with Gasteiger partial charge in [0.1, 0.15) is 5.60 Å². The predicted octanol–water partition coefficient (Wildman–Crippen LogP) is 2.02. The molecule has 0 aromatic rings. The van der Waals surface area contributed by atoms with Crippen molar-refractivity contribution in [3.63, 3.8) is 0 Å². The first-order valence-electron chi connectivity index (χ1n) is 5.07. The lowest BCUT2D eigenvalue weighted by Crippen LogP contribution is -2.51. The molecule has 1 rings (SSSR count). The summed E-state index contributed by atoms with van der Waals surface area (Å²) in [4.78, 5) is 13.5. The summed E-state index contributed by atoms with van der Waals surface area (Å²) >= 11 is 3.37. The van der Waals surface area contributed by atoms with Crippen molar-refractivity contribution in [1.82, 2.24) is 4.90 Å². The molecule has 0 unspecified atom stereocenters. The van der Waals surface area contributed by atoms with Gasteiger partial charge in [-0.1, -0.05) is 15.9 Å². The second-order valence-corrected chi connectivity index (χ2v) is 5.20. The van der Waals surface area contributed by atoms with E-state index in [0.717, 1.165) is 0 Å². The summed E-state index contributed by atoms with van der Waals surface area (Å²) in [7, 11) is 0. The minimum absolute atomic E-state index is 0.0774. The number of carbonyl (C=O) groups is 1. The monoisotopic (exact) mass is 279 g/mol. The first-order valence-corrected chi connectivity index (χ1v) is 6.19. The van der Waals surface area contributed by atoms with Gasteiger partial charge >= 0.3 is 6.09 Å². The molecule has 1 atom stereocenters. The summed E-state index contributed by atoms with van der Waals surface area (Å²) in [6.45, 7) is 7.37. The van der Waals surface area contributed by atoms with Crippen LogP contribution >= 0.6 is 15.9 Å². The summed E-state index contributed by atoms with van der Waals surface area (Å²) < 4.78 is 10.6. The van der Waals surface area contributed by atoms with E-state index in [-0.39, 0.29) is 12.1 Å². The molecule has 0 saturated carbocycles.